The van der Waals surface area contributed by atoms with Crippen LogP contribution in [0.1, 0.15) is 18.4 Å². The molecule has 1 radical (unpaired) electrons. The highest BCUT2D eigenvalue weighted by atomic mass is 19.1. The first kappa shape index (κ1) is 6.77. The standard InChI is InChI=1S/C9H7F2/c10-7-3-4-9(11)8(5-7)6-1-2-6/h3-5H,1-2H2. The third-order valence-corrected chi connectivity index (χ3v) is 1.81. The minimum Gasteiger partial charge on any atom is -0.207 e. The Morgan fingerprint density at radius 3 is 2.45 bits per heavy atom. The van der Waals surface area contributed by atoms with Crippen molar-refractivity contribution in [3.63, 3.8) is 0 Å². The topological polar surface area (TPSA) is 0 Å². The van der Waals surface area contributed by atoms with Crippen LogP contribution in [0.2, 0.25) is 0 Å². The SMILES string of the molecule is Fc1ccc(F)c([C]2CC2)c1. The molecule has 0 aromatic heterocycles. The van der Waals surface area contributed by atoms with Crippen LogP contribution in [0.15, 0.2) is 18.2 Å². The Hall–Kier alpha value is -0.920. The summed E-state index contributed by atoms with van der Waals surface area (Å²) in [7, 11) is 0. The Morgan fingerprint density at radius 1 is 1.09 bits per heavy atom. The molecule has 0 saturated heterocycles. The Labute approximate surface area is 63.9 Å². The maximum absolute atomic E-state index is 12.9. The highest BCUT2D eigenvalue weighted by Gasteiger charge is 2.27. The van der Waals surface area contributed by atoms with E-state index in [1.54, 1.807) is 0 Å². The van der Waals surface area contributed by atoms with Gasteiger partial charge in [0.1, 0.15) is 11.6 Å². The lowest BCUT2D eigenvalue weighted by atomic mass is 10.1. The van der Waals surface area contributed by atoms with Gasteiger partial charge in [-0.25, -0.2) is 8.78 Å². The van der Waals surface area contributed by atoms with Gasteiger partial charge < -0.3 is 0 Å². The van der Waals surface area contributed by atoms with Crippen LogP contribution in [0, 0.1) is 17.6 Å². The molecule has 1 aromatic carbocycles. The van der Waals surface area contributed by atoms with Crippen molar-refractivity contribution in [3.8, 4) is 0 Å². The maximum Gasteiger partial charge on any atom is 0.127 e. The van der Waals surface area contributed by atoms with Crippen LogP contribution in [0.4, 0.5) is 8.78 Å². The second kappa shape index (κ2) is 2.29. The molecule has 1 aliphatic rings. The highest BCUT2D eigenvalue weighted by molar-refractivity contribution is 5.38. The first-order valence-electron chi connectivity index (χ1n) is 3.57. The quantitative estimate of drug-likeness (QED) is 0.581. The molecule has 1 aromatic rings. The molecule has 1 saturated carbocycles. The Bertz CT molecular complexity index is 277. The first-order valence-corrected chi connectivity index (χ1v) is 3.57. The van der Waals surface area contributed by atoms with Crippen molar-refractivity contribution in [3.05, 3.63) is 41.3 Å². The molecule has 57 valence electrons. The number of benzene rings is 1. The Balaban J connectivity index is 2.42. The van der Waals surface area contributed by atoms with Gasteiger partial charge in [-0.3, -0.25) is 0 Å². The van der Waals surface area contributed by atoms with Crippen LogP contribution < -0.4 is 0 Å². The first-order chi connectivity index (χ1) is 5.27. The fraction of sp³-hybridized carbons (Fsp3) is 0.222. The zero-order valence-corrected chi connectivity index (χ0v) is 5.90. The average Bonchev–Trinajstić information content (AvgIpc) is 2.76. The van der Waals surface area contributed by atoms with E-state index in [-0.39, 0.29) is 11.6 Å². The van der Waals surface area contributed by atoms with Crippen molar-refractivity contribution in [1.29, 1.82) is 0 Å². The molecule has 0 bridgehead atoms. The van der Waals surface area contributed by atoms with E-state index in [0.717, 1.165) is 24.8 Å². The minimum absolute atomic E-state index is 0.307. The van der Waals surface area contributed by atoms with E-state index in [1.807, 2.05) is 0 Å². The highest BCUT2D eigenvalue weighted by Crippen LogP contribution is 2.40. The summed E-state index contributed by atoms with van der Waals surface area (Å²) in [5, 5.41) is 0. The fourth-order valence-corrected chi connectivity index (χ4v) is 1.10. The van der Waals surface area contributed by atoms with E-state index in [2.05, 4.69) is 0 Å². The van der Waals surface area contributed by atoms with Crippen LogP contribution in [0.5, 0.6) is 0 Å². The van der Waals surface area contributed by atoms with Gasteiger partial charge in [0.2, 0.25) is 0 Å². The van der Waals surface area contributed by atoms with E-state index < -0.39 is 0 Å². The monoisotopic (exact) mass is 153 g/mol. The van der Waals surface area contributed by atoms with Gasteiger partial charge in [0.15, 0.2) is 0 Å². The van der Waals surface area contributed by atoms with Gasteiger partial charge in [-0.2, -0.15) is 0 Å². The zero-order chi connectivity index (χ0) is 7.84. The number of hydrogen-bond donors (Lipinski definition) is 0. The van der Waals surface area contributed by atoms with Crippen molar-refractivity contribution in [1.82, 2.24) is 0 Å². The second-order valence-corrected chi connectivity index (χ2v) is 2.73. The van der Waals surface area contributed by atoms with Crippen molar-refractivity contribution < 1.29 is 8.78 Å². The summed E-state index contributed by atoms with van der Waals surface area (Å²) in [6.07, 6.45) is 1.83. The van der Waals surface area contributed by atoms with Gasteiger partial charge in [0.05, 0.1) is 0 Å². The third kappa shape index (κ3) is 1.25. The molecule has 2 heteroatoms. The van der Waals surface area contributed by atoms with E-state index in [1.165, 1.54) is 12.1 Å². The molecular formula is C9H7F2. The lowest BCUT2D eigenvalue weighted by molar-refractivity contribution is 0.593. The molecule has 1 aliphatic carbocycles. The minimum atomic E-state index is -0.360. The van der Waals surface area contributed by atoms with Crippen LogP contribution in [-0.2, 0) is 0 Å². The molecule has 0 unspecified atom stereocenters. The molecular weight excluding hydrogens is 146 g/mol. The Kier molecular flexibility index (Phi) is 1.41. The van der Waals surface area contributed by atoms with Gasteiger partial charge >= 0.3 is 0 Å². The summed E-state index contributed by atoms with van der Waals surface area (Å²) in [5.41, 5.74) is 0.463. The van der Waals surface area contributed by atoms with E-state index in [0.29, 0.717) is 5.56 Å². The van der Waals surface area contributed by atoms with E-state index in [9.17, 15) is 8.78 Å². The van der Waals surface area contributed by atoms with Crippen LogP contribution in [0.3, 0.4) is 0 Å². The van der Waals surface area contributed by atoms with Crippen molar-refractivity contribution in [2.24, 2.45) is 0 Å². The summed E-state index contributed by atoms with van der Waals surface area (Å²) in [6, 6.07) is 3.58. The van der Waals surface area contributed by atoms with Gasteiger partial charge in [-0.1, -0.05) is 0 Å². The lowest BCUT2D eigenvalue weighted by Gasteiger charge is -1.98. The summed E-state index contributed by atoms with van der Waals surface area (Å²) in [5.74, 6) is 0.363. The average molecular weight is 153 g/mol. The molecule has 2 rings (SSSR count). The number of halogens is 2. The van der Waals surface area contributed by atoms with Crippen molar-refractivity contribution in [2.75, 3.05) is 0 Å². The van der Waals surface area contributed by atoms with E-state index >= 15 is 0 Å². The summed E-state index contributed by atoms with van der Waals surface area (Å²) < 4.78 is 25.4. The van der Waals surface area contributed by atoms with Crippen LogP contribution >= 0.6 is 0 Å². The molecule has 0 amide bonds. The Morgan fingerprint density at radius 2 is 1.82 bits per heavy atom. The van der Waals surface area contributed by atoms with Gasteiger partial charge in [-0.05, 0) is 36.6 Å². The van der Waals surface area contributed by atoms with Crippen molar-refractivity contribution >= 4 is 0 Å². The number of rotatable bonds is 1. The molecule has 1 fully saturated rings. The van der Waals surface area contributed by atoms with Crippen LogP contribution in [0.25, 0.3) is 0 Å². The number of hydrogen-bond acceptors (Lipinski definition) is 0. The van der Waals surface area contributed by atoms with Crippen molar-refractivity contribution in [2.45, 2.75) is 12.8 Å². The molecule has 0 N–H and O–H groups in total. The summed E-state index contributed by atoms with van der Waals surface area (Å²) >= 11 is 0. The van der Waals surface area contributed by atoms with Gasteiger partial charge in [0.25, 0.3) is 0 Å². The molecule has 11 heavy (non-hydrogen) atoms. The zero-order valence-electron chi connectivity index (χ0n) is 5.90. The second-order valence-electron chi connectivity index (χ2n) is 2.73. The smallest absolute Gasteiger partial charge is 0.127 e. The predicted molar refractivity (Wildman–Crippen MR) is 37.9 cm³/mol. The fourth-order valence-electron chi connectivity index (χ4n) is 1.10. The molecule has 0 aliphatic heterocycles. The van der Waals surface area contributed by atoms with Crippen LogP contribution in [-0.4, -0.2) is 0 Å². The molecule has 0 heterocycles. The molecule has 0 nitrogen and oxygen atoms in total. The normalized spacial score (nSPS) is 16.9. The molecule has 0 spiro atoms. The summed E-state index contributed by atoms with van der Waals surface area (Å²) in [4.78, 5) is 0. The largest absolute Gasteiger partial charge is 0.207 e. The van der Waals surface area contributed by atoms with Gasteiger partial charge in [-0.15, -0.1) is 0 Å². The molecule has 0 atom stereocenters. The van der Waals surface area contributed by atoms with Gasteiger partial charge in [0, 0.05) is 5.92 Å². The maximum atomic E-state index is 12.9. The summed E-state index contributed by atoms with van der Waals surface area (Å²) in [6.45, 7) is 0. The van der Waals surface area contributed by atoms with E-state index in [4.69, 9.17) is 0 Å². The predicted octanol–water partition coefficient (Wildman–Crippen LogP) is 2.68. The lowest BCUT2D eigenvalue weighted by Crippen LogP contribution is -1.88. The third-order valence-electron chi connectivity index (χ3n) is 1.81.